The molecule has 0 aliphatic carbocycles. The van der Waals surface area contributed by atoms with Crippen molar-refractivity contribution in [3.63, 3.8) is 0 Å². The van der Waals surface area contributed by atoms with Crippen LogP contribution in [0.3, 0.4) is 0 Å². The second kappa shape index (κ2) is 2.55. The summed E-state index contributed by atoms with van der Waals surface area (Å²) >= 11 is 0. The van der Waals surface area contributed by atoms with Crippen molar-refractivity contribution in [1.29, 1.82) is 0 Å². The van der Waals surface area contributed by atoms with Crippen molar-refractivity contribution in [2.24, 2.45) is 7.05 Å². The van der Waals surface area contributed by atoms with E-state index < -0.39 is 0 Å². The minimum atomic E-state index is 1.06. The average Bonchev–Trinajstić information content (AvgIpc) is 2.04. The van der Waals surface area contributed by atoms with Crippen LogP contribution in [-0.4, -0.2) is 4.98 Å². The number of benzene rings is 1. The Hall–Kier alpha value is -1.44. The van der Waals surface area contributed by atoms with Crippen LogP contribution in [0, 0.1) is 6.92 Å². The number of rotatable bonds is 0. The smallest absolute Gasteiger partial charge is 0.230 e. The molecule has 0 saturated carbocycles. The fourth-order valence-corrected chi connectivity index (χ4v) is 1.33. The third-order valence-corrected chi connectivity index (χ3v) is 2.01. The molecule has 1 aromatic heterocycles. The second-order valence-electron chi connectivity index (χ2n) is 3.03. The highest BCUT2D eigenvalue weighted by Crippen LogP contribution is 2.07. The van der Waals surface area contributed by atoms with Crippen LogP contribution < -0.4 is 4.57 Å². The summed E-state index contributed by atoms with van der Waals surface area (Å²) in [7, 11) is 2.03. The van der Waals surface area contributed by atoms with Gasteiger partial charge in [0.05, 0.1) is 6.20 Å². The van der Waals surface area contributed by atoms with Crippen molar-refractivity contribution in [2.75, 3.05) is 0 Å². The molecule has 2 nitrogen and oxygen atoms in total. The normalized spacial score (nSPS) is 10.5. The van der Waals surface area contributed by atoms with E-state index in [9.17, 15) is 0 Å². The van der Waals surface area contributed by atoms with Gasteiger partial charge < -0.3 is 0 Å². The van der Waals surface area contributed by atoms with Gasteiger partial charge in [-0.25, -0.2) is 4.98 Å². The Bertz CT molecular complexity index is 421. The first kappa shape index (κ1) is 7.22. The van der Waals surface area contributed by atoms with Gasteiger partial charge in [-0.1, -0.05) is 6.07 Å². The average molecular weight is 159 g/mol. The molecule has 0 radical (unpaired) electrons. The molecule has 0 bridgehead atoms. The van der Waals surface area contributed by atoms with Gasteiger partial charge in [0.25, 0.3) is 0 Å². The lowest BCUT2D eigenvalue weighted by molar-refractivity contribution is -0.645. The quantitative estimate of drug-likeness (QED) is 0.530. The van der Waals surface area contributed by atoms with Gasteiger partial charge in [0.15, 0.2) is 6.20 Å². The van der Waals surface area contributed by atoms with E-state index in [4.69, 9.17) is 0 Å². The van der Waals surface area contributed by atoms with Gasteiger partial charge in [0, 0.05) is 6.07 Å². The molecule has 0 saturated heterocycles. The molecule has 0 fully saturated rings. The van der Waals surface area contributed by atoms with Crippen molar-refractivity contribution in [3.05, 3.63) is 36.2 Å². The lowest BCUT2D eigenvalue weighted by Gasteiger charge is -1.95. The van der Waals surface area contributed by atoms with Gasteiger partial charge in [0.2, 0.25) is 5.52 Å². The minimum absolute atomic E-state index is 1.06. The van der Waals surface area contributed by atoms with E-state index in [-0.39, 0.29) is 0 Å². The highest BCUT2D eigenvalue weighted by molar-refractivity contribution is 5.71. The third kappa shape index (κ3) is 1.05. The zero-order chi connectivity index (χ0) is 8.55. The third-order valence-electron chi connectivity index (χ3n) is 2.01. The summed E-state index contributed by atoms with van der Waals surface area (Å²) in [5.74, 6) is 0. The van der Waals surface area contributed by atoms with Crippen LogP contribution in [0.15, 0.2) is 30.6 Å². The Morgan fingerprint density at radius 1 is 1.33 bits per heavy atom. The standard InChI is InChI=1S/C10H11N2/c1-8-3-4-10-9(7-8)11-5-6-12(10)2/h3-7H,1-2H3/q+1. The summed E-state index contributed by atoms with van der Waals surface area (Å²) in [5.41, 5.74) is 3.48. The lowest BCUT2D eigenvalue weighted by atomic mass is 10.2. The van der Waals surface area contributed by atoms with Crippen LogP contribution in [0.1, 0.15) is 5.56 Å². The van der Waals surface area contributed by atoms with Crippen molar-refractivity contribution in [2.45, 2.75) is 6.92 Å². The van der Waals surface area contributed by atoms with Crippen LogP contribution in [0.4, 0.5) is 0 Å². The van der Waals surface area contributed by atoms with Crippen molar-refractivity contribution >= 4 is 11.0 Å². The maximum Gasteiger partial charge on any atom is 0.230 e. The summed E-state index contributed by atoms with van der Waals surface area (Å²) in [6, 6.07) is 6.29. The second-order valence-corrected chi connectivity index (χ2v) is 3.03. The first-order chi connectivity index (χ1) is 5.77. The molecule has 0 aliphatic heterocycles. The lowest BCUT2D eigenvalue weighted by Crippen LogP contribution is -2.28. The Labute approximate surface area is 71.5 Å². The molecule has 0 unspecified atom stereocenters. The van der Waals surface area contributed by atoms with Crippen molar-refractivity contribution in [1.82, 2.24) is 4.98 Å². The Balaban J connectivity index is 2.86. The predicted molar refractivity (Wildman–Crippen MR) is 47.7 cm³/mol. The van der Waals surface area contributed by atoms with Crippen LogP contribution in [0.25, 0.3) is 11.0 Å². The summed E-state index contributed by atoms with van der Waals surface area (Å²) in [4.78, 5) is 4.28. The molecule has 0 amide bonds. The molecule has 0 N–H and O–H groups in total. The SMILES string of the molecule is Cc1ccc2c(c1)ncc[n+]2C. The topological polar surface area (TPSA) is 16.8 Å². The Kier molecular flexibility index (Phi) is 1.54. The Morgan fingerprint density at radius 2 is 2.17 bits per heavy atom. The van der Waals surface area contributed by atoms with E-state index in [2.05, 4.69) is 34.7 Å². The molecular weight excluding hydrogens is 148 g/mol. The van der Waals surface area contributed by atoms with Crippen molar-refractivity contribution < 1.29 is 4.57 Å². The van der Waals surface area contributed by atoms with Gasteiger partial charge in [-0.15, -0.1) is 0 Å². The number of fused-ring (bicyclic) bond motifs is 1. The molecule has 2 aromatic rings. The predicted octanol–water partition coefficient (Wildman–Crippen LogP) is 1.37. The fourth-order valence-electron chi connectivity index (χ4n) is 1.33. The van der Waals surface area contributed by atoms with Gasteiger partial charge in [0.1, 0.15) is 12.6 Å². The van der Waals surface area contributed by atoms with E-state index in [1.54, 1.807) is 0 Å². The van der Waals surface area contributed by atoms with Gasteiger partial charge in [-0.3, -0.25) is 0 Å². The summed E-state index contributed by atoms with van der Waals surface area (Å²) in [6.45, 7) is 2.08. The van der Waals surface area contributed by atoms with E-state index >= 15 is 0 Å². The van der Waals surface area contributed by atoms with Crippen LogP contribution in [0.2, 0.25) is 0 Å². The van der Waals surface area contributed by atoms with E-state index in [1.807, 2.05) is 19.4 Å². The van der Waals surface area contributed by atoms with E-state index in [0.29, 0.717) is 0 Å². The van der Waals surface area contributed by atoms with Crippen molar-refractivity contribution in [3.8, 4) is 0 Å². The number of nitrogens with zero attached hydrogens (tertiary/aromatic N) is 2. The number of aromatic nitrogens is 2. The van der Waals surface area contributed by atoms with Gasteiger partial charge >= 0.3 is 0 Å². The zero-order valence-electron chi connectivity index (χ0n) is 7.28. The number of hydrogen-bond acceptors (Lipinski definition) is 1. The summed E-state index contributed by atoms with van der Waals surface area (Å²) in [6.07, 6.45) is 3.78. The first-order valence-electron chi connectivity index (χ1n) is 3.98. The maximum atomic E-state index is 4.28. The molecule has 1 aromatic carbocycles. The fraction of sp³-hybridized carbons (Fsp3) is 0.200. The van der Waals surface area contributed by atoms with Gasteiger partial charge in [-0.2, -0.15) is 4.57 Å². The highest BCUT2D eigenvalue weighted by atomic mass is 14.9. The molecule has 0 atom stereocenters. The Morgan fingerprint density at radius 3 is 3.00 bits per heavy atom. The summed E-state index contributed by atoms with van der Waals surface area (Å²) < 4.78 is 2.07. The van der Waals surface area contributed by atoms with E-state index in [0.717, 1.165) is 5.52 Å². The van der Waals surface area contributed by atoms with Gasteiger partial charge in [-0.05, 0) is 18.6 Å². The molecule has 0 spiro atoms. The van der Waals surface area contributed by atoms with E-state index in [1.165, 1.54) is 11.1 Å². The van der Waals surface area contributed by atoms with Crippen LogP contribution in [-0.2, 0) is 7.05 Å². The van der Waals surface area contributed by atoms with Crippen LogP contribution >= 0.6 is 0 Å². The molecule has 2 heteroatoms. The molecule has 12 heavy (non-hydrogen) atoms. The molecule has 1 heterocycles. The molecule has 0 aliphatic rings. The number of hydrogen-bond donors (Lipinski definition) is 0. The highest BCUT2D eigenvalue weighted by Gasteiger charge is 2.03. The molecule has 60 valence electrons. The molecule has 2 rings (SSSR count). The van der Waals surface area contributed by atoms with Crippen LogP contribution in [0.5, 0.6) is 0 Å². The monoisotopic (exact) mass is 159 g/mol. The molecular formula is C10H11N2+. The first-order valence-corrected chi connectivity index (χ1v) is 3.98. The maximum absolute atomic E-state index is 4.28. The minimum Gasteiger partial charge on any atom is -0.244 e. The number of aryl methyl sites for hydroxylation is 2. The zero-order valence-corrected chi connectivity index (χ0v) is 7.28. The largest absolute Gasteiger partial charge is 0.244 e. The summed E-state index contributed by atoms with van der Waals surface area (Å²) in [5, 5.41) is 0.